The number of rotatable bonds is 0. The Morgan fingerprint density at radius 2 is 2.07 bits per heavy atom. The first-order chi connectivity index (χ1) is 6.72. The maximum atomic E-state index is 8.71. The van der Waals surface area contributed by atoms with Gasteiger partial charge >= 0.3 is 0 Å². The predicted octanol–water partition coefficient (Wildman–Crippen LogP) is 3.03. The normalized spacial score (nSPS) is 12.3. The number of nitrogens with zero attached hydrogens (tertiary/aromatic N) is 1. The van der Waals surface area contributed by atoms with E-state index in [-0.39, 0.29) is 0 Å². The summed E-state index contributed by atoms with van der Waals surface area (Å²) >= 11 is 11.7. The maximum Gasteiger partial charge on any atom is 0.154 e. The molecule has 2 rings (SSSR count). The Morgan fingerprint density at radius 1 is 1.29 bits per heavy atom. The van der Waals surface area contributed by atoms with E-state index in [0.29, 0.717) is 26.4 Å². The molecule has 0 atom stereocenters. The zero-order chi connectivity index (χ0) is 10.1. The Morgan fingerprint density at radius 3 is 2.79 bits per heavy atom. The van der Waals surface area contributed by atoms with Crippen LogP contribution in [0.2, 0.25) is 10.0 Å². The highest BCUT2D eigenvalue weighted by Crippen LogP contribution is 2.25. The summed E-state index contributed by atoms with van der Waals surface area (Å²) in [4.78, 5) is 0. The van der Waals surface area contributed by atoms with E-state index in [4.69, 9.17) is 32.8 Å². The Balaban J connectivity index is 3.02. The van der Waals surface area contributed by atoms with E-state index in [1.165, 1.54) is 12.3 Å². The van der Waals surface area contributed by atoms with Crippen LogP contribution in [0.15, 0.2) is 34.0 Å². The first-order valence-corrected chi connectivity index (χ1v) is 4.52. The molecule has 0 amide bonds. The van der Waals surface area contributed by atoms with Crippen LogP contribution < -0.4 is 5.36 Å². The van der Waals surface area contributed by atoms with E-state index in [1.807, 2.05) is 0 Å². The molecule has 2 aromatic rings. The van der Waals surface area contributed by atoms with Crippen molar-refractivity contribution in [3.8, 4) is 0 Å². The lowest BCUT2D eigenvalue weighted by Crippen LogP contribution is -2.01. The van der Waals surface area contributed by atoms with Crippen molar-refractivity contribution in [2.45, 2.75) is 0 Å². The van der Waals surface area contributed by atoms with Crippen molar-refractivity contribution in [3.05, 3.63) is 39.9 Å². The first-order valence-electron chi connectivity index (χ1n) is 3.77. The van der Waals surface area contributed by atoms with Crippen molar-refractivity contribution in [2.75, 3.05) is 0 Å². The second-order valence-corrected chi connectivity index (χ2v) is 3.51. The largest absolute Gasteiger partial charge is 0.463 e. The average Bonchev–Trinajstić information content (AvgIpc) is 2.17. The minimum absolute atomic E-state index is 0.371. The summed E-state index contributed by atoms with van der Waals surface area (Å²) in [5, 5.41) is 13.6. The van der Waals surface area contributed by atoms with E-state index < -0.39 is 0 Å². The molecule has 0 aliphatic carbocycles. The third kappa shape index (κ3) is 1.45. The monoisotopic (exact) mass is 229 g/mol. The van der Waals surface area contributed by atoms with Crippen LogP contribution in [0, 0.1) is 0 Å². The molecule has 5 heteroatoms. The van der Waals surface area contributed by atoms with Crippen LogP contribution in [0.1, 0.15) is 0 Å². The molecular weight excluding hydrogens is 225 g/mol. The molecule has 1 N–H and O–H groups in total. The minimum Gasteiger partial charge on any atom is -0.463 e. The molecular formula is C9H5Cl2NO2. The van der Waals surface area contributed by atoms with Gasteiger partial charge in [0.05, 0.1) is 11.3 Å². The Kier molecular flexibility index (Phi) is 2.35. The fourth-order valence-electron chi connectivity index (χ4n) is 1.21. The molecule has 0 fully saturated rings. The van der Waals surface area contributed by atoms with Crippen molar-refractivity contribution in [3.63, 3.8) is 0 Å². The van der Waals surface area contributed by atoms with Gasteiger partial charge in [-0.05, 0) is 12.1 Å². The van der Waals surface area contributed by atoms with Gasteiger partial charge in [0.15, 0.2) is 5.58 Å². The van der Waals surface area contributed by atoms with E-state index >= 15 is 0 Å². The van der Waals surface area contributed by atoms with E-state index in [1.54, 1.807) is 12.1 Å². The van der Waals surface area contributed by atoms with Crippen LogP contribution in [0.4, 0.5) is 0 Å². The van der Waals surface area contributed by atoms with Crippen molar-refractivity contribution in [1.82, 2.24) is 0 Å². The summed E-state index contributed by atoms with van der Waals surface area (Å²) in [5.74, 6) is 0. The minimum atomic E-state index is 0.371. The molecule has 0 aliphatic rings. The summed E-state index contributed by atoms with van der Waals surface area (Å²) in [7, 11) is 0. The van der Waals surface area contributed by atoms with Gasteiger partial charge in [0, 0.05) is 16.5 Å². The first kappa shape index (κ1) is 9.37. The summed E-state index contributed by atoms with van der Waals surface area (Å²) in [6.45, 7) is 0. The fraction of sp³-hybridized carbons (Fsp3) is 0. The molecule has 72 valence electrons. The Labute approximate surface area is 89.2 Å². The SMILES string of the molecule is ON=c1ccoc2c(Cl)cc(Cl)cc12. The topological polar surface area (TPSA) is 45.7 Å². The van der Waals surface area contributed by atoms with Gasteiger partial charge in [-0.15, -0.1) is 0 Å². The highest BCUT2D eigenvalue weighted by molar-refractivity contribution is 6.38. The van der Waals surface area contributed by atoms with Gasteiger partial charge in [-0.3, -0.25) is 0 Å². The van der Waals surface area contributed by atoms with Crippen LogP contribution in [-0.4, -0.2) is 5.21 Å². The van der Waals surface area contributed by atoms with E-state index in [0.717, 1.165) is 0 Å². The second-order valence-electron chi connectivity index (χ2n) is 2.67. The Bertz CT molecular complexity index is 548. The quantitative estimate of drug-likeness (QED) is 0.558. The zero-order valence-corrected chi connectivity index (χ0v) is 8.38. The van der Waals surface area contributed by atoms with Crippen molar-refractivity contribution < 1.29 is 9.62 Å². The molecule has 1 heterocycles. The van der Waals surface area contributed by atoms with Crippen molar-refractivity contribution in [1.29, 1.82) is 0 Å². The summed E-state index contributed by atoms with van der Waals surface area (Å²) in [6.07, 6.45) is 1.40. The van der Waals surface area contributed by atoms with Gasteiger partial charge < -0.3 is 9.62 Å². The lowest BCUT2D eigenvalue weighted by atomic mass is 10.2. The van der Waals surface area contributed by atoms with Gasteiger partial charge in [0.2, 0.25) is 0 Å². The lowest BCUT2D eigenvalue weighted by molar-refractivity contribution is 0.302. The van der Waals surface area contributed by atoms with Crippen molar-refractivity contribution >= 4 is 34.2 Å². The molecule has 14 heavy (non-hydrogen) atoms. The van der Waals surface area contributed by atoms with Gasteiger partial charge in [-0.1, -0.05) is 28.4 Å². The number of benzene rings is 1. The summed E-state index contributed by atoms with van der Waals surface area (Å²) in [6, 6.07) is 4.71. The lowest BCUT2D eigenvalue weighted by Gasteiger charge is -1.99. The summed E-state index contributed by atoms with van der Waals surface area (Å²) in [5.41, 5.74) is 0.450. The molecule has 0 radical (unpaired) electrons. The van der Waals surface area contributed by atoms with Crippen molar-refractivity contribution in [2.24, 2.45) is 5.16 Å². The van der Waals surface area contributed by atoms with Crippen LogP contribution in [0.25, 0.3) is 11.0 Å². The van der Waals surface area contributed by atoms with Crippen LogP contribution >= 0.6 is 23.2 Å². The second kappa shape index (κ2) is 3.52. The smallest absolute Gasteiger partial charge is 0.154 e. The average molecular weight is 230 g/mol. The number of fused-ring (bicyclic) bond motifs is 1. The zero-order valence-electron chi connectivity index (χ0n) is 6.87. The molecule has 0 bridgehead atoms. The van der Waals surface area contributed by atoms with Crippen LogP contribution in [-0.2, 0) is 0 Å². The molecule has 0 saturated carbocycles. The highest BCUT2D eigenvalue weighted by atomic mass is 35.5. The number of hydrogen-bond acceptors (Lipinski definition) is 3. The Hall–Kier alpha value is -1.19. The number of hydrogen-bond donors (Lipinski definition) is 1. The maximum absolute atomic E-state index is 8.71. The molecule has 0 saturated heterocycles. The van der Waals surface area contributed by atoms with E-state index in [2.05, 4.69) is 5.16 Å². The van der Waals surface area contributed by atoms with Gasteiger partial charge in [-0.2, -0.15) is 0 Å². The molecule has 0 unspecified atom stereocenters. The highest BCUT2D eigenvalue weighted by Gasteiger charge is 2.05. The standard InChI is InChI=1S/C9H5Cl2NO2/c10-5-3-6-8(12-13)1-2-14-9(6)7(11)4-5/h1-4,13H. The molecule has 0 aliphatic heterocycles. The third-order valence-electron chi connectivity index (χ3n) is 1.80. The van der Waals surface area contributed by atoms with Gasteiger partial charge in [0.1, 0.15) is 5.36 Å². The molecule has 0 spiro atoms. The summed E-state index contributed by atoms with van der Waals surface area (Å²) < 4.78 is 5.18. The third-order valence-corrected chi connectivity index (χ3v) is 2.30. The predicted molar refractivity (Wildman–Crippen MR) is 53.6 cm³/mol. The van der Waals surface area contributed by atoms with Crippen LogP contribution in [0.3, 0.4) is 0 Å². The van der Waals surface area contributed by atoms with E-state index in [9.17, 15) is 0 Å². The van der Waals surface area contributed by atoms with Crippen LogP contribution in [0.5, 0.6) is 0 Å². The molecule has 1 aromatic heterocycles. The molecule has 1 aromatic carbocycles. The number of halogens is 2. The van der Waals surface area contributed by atoms with Gasteiger partial charge in [0.25, 0.3) is 0 Å². The molecule has 3 nitrogen and oxygen atoms in total. The fourth-order valence-corrected chi connectivity index (χ4v) is 1.75. The van der Waals surface area contributed by atoms with Gasteiger partial charge in [-0.25, -0.2) is 0 Å².